The van der Waals surface area contributed by atoms with Crippen molar-refractivity contribution in [3.8, 4) is 17.1 Å². The first-order chi connectivity index (χ1) is 14.4. The van der Waals surface area contributed by atoms with E-state index in [4.69, 9.17) is 4.52 Å². The van der Waals surface area contributed by atoms with Crippen LogP contribution in [0.1, 0.15) is 40.0 Å². The Morgan fingerprint density at radius 2 is 1.87 bits per heavy atom. The van der Waals surface area contributed by atoms with Crippen LogP contribution in [0, 0.1) is 20.8 Å². The minimum atomic E-state index is -0.189. The zero-order valence-electron chi connectivity index (χ0n) is 17.4. The third kappa shape index (κ3) is 3.87. The summed E-state index contributed by atoms with van der Waals surface area (Å²) in [5.74, 6) is 0.838. The van der Waals surface area contributed by atoms with Crippen LogP contribution < -0.4 is 5.32 Å². The van der Waals surface area contributed by atoms with Crippen molar-refractivity contribution >= 4 is 11.6 Å². The number of carbonyl (C=O) groups excluding carboxylic acids is 1. The zero-order chi connectivity index (χ0) is 21.3. The standard InChI is InChI=1S/C23H23N5O2/c1-5-17-7-10-19(11-8-17)25-23(29)20-13-28(26-15(20)3)21-12-18(9-6-14(21)2)22-24-16(4)30-27-22/h6-13H,5H2,1-4H3,(H,25,29). The molecule has 7 nitrogen and oxygen atoms in total. The van der Waals surface area contributed by atoms with E-state index < -0.39 is 0 Å². The highest BCUT2D eigenvalue weighted by atomic mass is 16.5. The van der Waals surface area contributed by atoms with Crippen LogP contribution in [0.15, 0.2) is 53.2 Å². The summed E-state index contributed by atoms with van der Waals surface area (Å²) >= 11 is 0. The minimum Gasteiger partial charge on any atom is -0.339 e. The largest absolute Gasteiger partial charge is 0.339 e. The predicted molar refractivity (Wildman–Crippen MR) is 115 cm³/mol. The molecule has 4 aromatic rings. The number of amides is 1. The van der Waals surface area contributed by atoms with Crippen molar-refractivity contribution in [1.29, 1.82) is 0 Å². The third-order valence-corrected chi connectivity index (χ3v) is 5.01. The fourth-order valence-corrected chi connectivity index (χ4v) is 3.24. The molecule has 2 aromatic heterocycles. The Morgan fingerprint density at radius 1 is 1.10 bits per heavy atom. The Labute approximate surface area is 174 Å². The van der Waals surface area contributed by atoms with E-state index >= 15 is 0 Å². The van der Waals surface area contributed by atoms with E-state index in [2.05, 4.69) is 27.5 Å². The molecule has 152 valence electrons. The molecule has 0 saturated heterocycles. The number of aromatic nitrogens is 4. The second-order valence-electron chi connectivity index (χ2n) is 7.22. The number of benzene rings is 2. The molecular formula is C23H23N5O2. The molecule has 0 atom stereocenters. The first-order valence-electron chi connectivity index (χ1n) is 9.83. The number of rotatable bonds is 5. The second-order valence-corrected chi connectivity index (χ2v) is 7.22. The molecule has 0 saturated carbocycles. The van der Waals surface area contributed by atoms with Crippen LogP contribution >= 0.6 is 0 Å². The van der Waals surface area contributed by atoms with Crippen LogP contribution in [0.3, 0.4) is 0 Å². The summed E-state index contributed by atoms with van der Waals surface area (Å²) in [4.78, 5) is 17.1. The highest BCUT2D eigenvalue weighted by Crippen LogP contribution is 2.24. The monoisotopic (exact) mass is 401 g/mol. The lowest BCUT2D eigenvalue weighted by molar-refractivity contribution is 0.102. The topological polar surface area (TPSA) is 85.8 Å². The summed E-state index contributed by atoms with van der Waals surface area (Å²) in [5, 5.41) is 11.5. The quantitative estimate of drug-likeness (QED) is 0.525. The van der Waals surface area contributed by atoms with Gasteiger partial charge in [0, 0.05) is 24.4 Å². The maximum Gasteiger partial charge on any atom is 0.259 e. The first-order valence-corrected chi connectivity index (χ1v) is 9.83. The molecular weight excluding hydrogens is 378 g/mol. The molecule has 0 bridgehead atoms. The Morgan fingerprint density at radius 3 is 2.53 bits per heavy atom. The fraction of sp³-hybridized carbons (Fsp3) is 0.217. The van der Waals surface area contributed by atoms with Crippen LogP contribution in [0.4, 0.5) is 5.69 Å². The van der Waals surface area contributed by atoms with E-state index in [9.17, 15) is 4.79 Å². The molecule has 7 heteroatoms. The summed E-state index contributed by atoms with van der Waals surface area (Å²) in [7, 11) is 0. The normalized spacial score (nSPS) is 10.9. The van der Waals surface area contributed by atoms with Gasteiger partial charge in [0.1, 0.15) is 0 Å². The molecule has 2 heterocycles. The number of nitrogens with zero attached hydrogens (tertiary/aromatic N) is 4. The van der Waals surface area contributed by atoms with Crippen molar-refractivity contribution in [2.24, 2.45) is 0 Å². The van der Waals surface area contributed by atoms with Crippen molar-refractivity contribution in [3.63, 3.8) is 0 Å². The van der Waals surface area contributed by atoms with Gasteiger partial charge < -0.3 is 9.84 Å². The van der Waals surface area contributed by atoms with Crippen molar-refractivity contribution < 1.29 is 9.32 Å². The Bertz CT molecular complexity index is 1200. The fourth-order valence-electron chi connectivity index (χ4n) is 3.24. The van der Waals surface area contributed by atoms with Gasteiger partial charge in [-0.25, -0.2) is 4.68 Å². The van der Waals surface area contributed by atoms with Crippen molar-refractivity contribution in [1.82, 2.24) is 19.9 Å². The van der Waals surface area contributed by atoms with Gasteiger partial charge in [0.25, 0.3) is 5.91 Å². The molecule has 0 aliphatic heterocycles. The number of aryl methyl sites for hydroxylation is 4. The highest BCUT2D eigenvalue weighted by molar-refractivity contribution is 6.04. The highest BCUT2D eigenvalue weighted by Gasteiger charge is 2.16. The van der Waals surface area contributed by atoms with Crippen molar-refractivity contribution in [3.05, 3.63) is 76.9 Å². The van der Waals surface area contributed by atoms with Gasteiger partial charge in [-0.1, -0.05) is 36.3 Å². The van der Waals surface area contributed by atoms with E-state index in [0.717, 1.165) is 28.9 Å². The van der Waals surface area contributed by atoms with E-state index in [1.807, 2.05) is 56.3 Å². The van der Waals surface area contributed by atoms with Crippen LogP contribution in [0.2, 0.25) is 0 Å². The van der Waals surface area contributed by atoms with Gasteiger partial charge >= 0.3 is 0 Å². The lowest BCUT2D eigenvalue weighted by atomic mass is 10.1. The Hall–Kier alpha value is -3.74. The lowest BCUT2D eigenvalue weighted by Gasteiger charge is -2.07. The molecule has 0 aliphatic rings. The van der Waals surface area contributed by atoms with Crippen LogP contribution in [0.25, 0.3) is 17.1 Å². The van der Waals surface area contributed by atoms with Crippen LogP contribution in [0.5, 0.6) is 0 Å². The number of hydrogen-bond donors (Lipinski definition) is 1. The summed E-state index contributed by atoms with van der Waals surface area (Å²) in [6, 6.07) is 13.7. The van der Waals surface area contributed by atoms with E-state index in [1.165, 1.54) is 5.56 Å². The number of carbonyl (C=O) groups is 1. The first kappa shape index (κ1) is 19.6. The van der Waals surface area contributed by atoms with E-state index in [1.54, 1.807) is 17.8 Å². The average molecular weight is 401 g/mol. The Kier molecular flexibility index (Phi) is 5.18. The molecule has 1 N–H and O–H groups in total. The number of anilines is 1. The van der Waals surface area contributed by atoms with Gasteiger partial charge in [0.15, 0.2) is 0 Å². The predicted octanol–water partition coefficient (Wildman–Crippen LogP) is 4.66. The van der Waals surface area contributed by atoms with Crippen LogP contribution in [-0.4, -0.2) is 25.8 Å². The summed E-state index contributed by atoms with van der Waals surface area (Å²) < 4.78 is 6.80. The molecule has 0 unspecified atom stereocenters. The molecule has 0 radical (unpaired) electrons. The van der Waals surface area contributed by atoms with E-state index in [-0.39, 0.29) is 5.91 Å². The zero-order valence-corrected chi connectivity index (χ0v) is 17.4. The number of nitrogens with one attached hydrogen (secondary N) is 1. The maximum absolute atomic E-state index is 12.8. The van der Waals surface area contributed by atoms with E-state index in [0.29, 0.717) is 23.0 Å². The molecule has 4 rings (SSSR count). The summed E-state index contributed by atoms with van der Waals surface area (Å²) in [5.41, 5.74) is 5.85. The van der Waals surface area contributed by atoms with Gasteiger partial charge in [0.2, 0.25) is 11.7 Å². The third-order valence-electron chi connectivity index (χ3n) is 5.01. The summed E-state index contributed by atoms with van der Waals surface area (Å²) in [6.07, 6.45) is 2.71. The molecule has 1 amide bonds. The van der Waals surface area contributed by atoms with Gasteiger partial charge in [-0.15, -0.1) is 0 Å². The summed E-state index contributed by atoms with van der Waals surface area (Å²) in [6.45, 7) is 7.67. The minimum absolute atomic E-state index is 0.189. The molecule has 30 heavy (non-hydrogen) atoms. The van der Waals surface area contributed by atoms with Crippen molar-refractivity contribution in [2.75, 3.05) is 5.32 Å². The van der Waals surface area contributed by atoms with Crippen molar-refractivity contribution in [2.45, 2.75) is 34.1 Å². The molecule has 0 spiro atoms. The maximum atomic E-state index is 12.8. The molecule has 0 fully saturated rings. The molecule has 0 aliphatic carbocycles. The second kappa shape index (κ2) is 7.94. The van der Waals surface area contributed by atoms with Gasteiger partial charge in [-0.3, -0.25) is 4.79 Å². The van der Waals surface area contributed by atoms with Crippen LogP contribution in [-0.2, 0) is 6.42 Å². The van der Waals surface area contributed by atoms with Gasteiger partial charge in [-0.2, -0.15) is 10.1 Å². The Balaban J connectivity index is 1.62. The smallest absolute Gasteiger partial charge is 0.259 e. The average Bonchev–Trinajstić information content (AvgIpc) is 3.34. The number of hydrogen-bond acceptors (Lipinski definition) is 5. The van der Waals surface area contributed by atoms with Gasteiger partial charge in [0.05, 0.1) is 16.9 Å². The molecule has 2 aromatic carbocycles. The SMILES string of the molecule is CCc1ccc(NC(=O)c2cn(-c3cc(-c4noc(C)n4)ccc3C)nc2C)cc1. The lowest BCUT2D eigenvalue weighted by Crippen LogP contribution is -2.12. The van der Waals surface area contributed by atoms with Gasteiger partial charge in [-0.05, 0) is 49.6 Å².